The zero-order valence-electron chi connectivity index (χ0n) is 26.9. The number of hydrogen-bond donors (Lipinski definition) is 2. The molecule has 1 aromatic heterocycles. The quantitative estimate of drug-likeness (QED) is 0.0997. The summed E-state index contributed by atoms with van der Waals surface area (Å²) in [5.41, 5.74) is 3.25. The second-order valence-electron chi connectivity index (χ2n) is 12.5. The van der Waals surface area contributed by atoms with Crippen molar-refractivity contribution in [3.8, 4) is 11.4 Å². The van der Waals surface area contributed by atoms with Crippen LogP contribution in [0.25, 0.3) is 5.69 Å². The zero-order chi connectivity index (χ0) is 33.8. The molecule has 0 atom stereocenters. The molecule has 3 aromatic carbocycles. The third kappa shape index (κ3) is 8.56. The molecule has 0 bridgehead atoms. The second-order valence-corrected chi connectivity index (χ2v) is 15.7. The van der Waals surface area contributed by atoms with Gasteiger partial charge in [-0.15, -0.1) is 11.8 Å². The van der Waals surface area contributed by atoms with Crippen molar-refractivity contribution in [3.63, 3.8) is 0 Å². The van der Waals surface area contributed by atoms with Gasteiger partial charge in [-0.2, -0.15) is 0 Å². The Labute approximate surface area is 301 Å². The maximum Gasteiger partial charge on any atom is 0.287 e. The number of thioether (sulfide) groups is 1. The molecular formula is C35H40Cl5N3O2S. The number of aromatic nitrogens is 2. The number of hydrogen-bond acceptors (Lipinski definition) is 4. The molecular weight excluding hydrogens is 704 g/mol. The molecule has 0 saturated heterocycles. The van der Waals surface area contributed by atoms with Gasteiger partial charge in [-0.05, 0) is 84.2 Å². The van der Waals surface area contributed by atoms with E-state index in [2.05, 4.69) is 70.2 Å². The van der Waals surface area contributed by atoms with E-state index in [1.54, 1.807) is 30.3 Å². The van der Waals surface area contributed by atoms with E-state index in [1.807, 2.05) is 0 Å². The Bertz CT molecular complexity index is 1730. The van der Waals surface area contributed by atoms with Gasteiger partial charge < -0.3 is 10.1 Å². The highest BCUT2D eigenvalue weighted by atomic mass is 35.5. The Balaban J connectivity index is 1.50. The average Bonchev–Trinajstić information content (AvgIpc) is 3.29. The second kappa shape index (κ2) is 15.5. The number of ether oxygens (including phenoxy) is 1. The van der Waals surface area contributed by atoms with Gasteiger partial charge >= 0.3 is 0 Å². The van der Waals surface area contributed by atoms with Gasteiger partial charge in [0.05, 0.1) is 27.4 Å². The number of nitrogens with zero attached hydrogens (tertiary/aromatic N) is 1. The number of rotatable bonds is 14. The first kappa shape index (κ1) is 36.9. The van der Waals surface area contributed by atoms with Gasteiger partial charge in [-0.3, -0.25) is 9.89 Å². The fraction of sp³-hybridized carbons (Fsp3) is 0.400. The largest absolute Gasteiger partial charge is 0.493 e. The first-order valence-electron chi connectivity index (χ1n) is 15.3. The van der Waals surface area contributed by atoms with Crippen molar-refractivity contribution in [2.45, 2.75) is 83.0 Å². The SMILES string of the molecule is CCC(C)(C)c1ccc(OCCCCSc2c(Nc3ccc(Cl)cc3Cl)[nH]n(-c3c(Cl)cc(Cl)cc3Cl)c2=O)c(C(C)(C)CC)c1. The number of aromatic amines is 1. The molecule has 2 N–H and O–H groups in total. The highest BCUT2D eigenvalue weighted by Crippen LogP contribution is 2.39. The highest BCUT2D eigenvalue weighted by Gasteiger charge is 2.27. The van der Waals surface area contributed by atoms with E-state index in [1.165, 1.54) is 27.6 Å². The minimum Gasteiger partial charge on any atom is -0.493 e. The van der Waals surface area contributed by atoms with E-state index in [-0.39, 0.29) is 26.4 Å². The molecule has 0 aliphatic rings. The van der Waals surface area contributed by atoms with E-state index in [0.29, 0.717) is 49.5 Å². The van der Waals surface area contributed by atoms with Crippen molar-refractivity contribution in [2.75, 3.05) is 17.7 Å². The maximum absolute atomic E-state index is 13.7. The molecule has 1 heterocycles. The lowest BCUT2D eigenvalue weighted by molar-refractivity contribution is 0.299. The molecule has 0 unspecified atom stereocenters. The fourth-order valence-electron chi connectivity index (χ4n) is 4.83. The van der Waals surface area contributed by atoms with Gasteiger partial charge in [0.25, 0.3) is 5.56 Å². The lowest BCUT2D eigenvalue weighted by Gasteiger charge is -2.30. The van der Waals surface area contributed by atoms with Crippen LogP contribution >= 0.6 is 69.8 Å². The van der Waals surface area contributed by atoms with Crippen LogP contribution in [0.4, 0.5) is 11.5 Å². The fourth-order valence-corrected chi connectivity index (χ4v) is 7.28. The van der Waals surface area contributed by atoms with Gasteiger partial charge in [-0.1, -0.05) is 112 Å². The van der Waals surface area contributed by atoms with Crippen LogP contribution in [-0.2, 0) is 10.8 Å². The number of unbranched alkanes of at least 4 members (excludes halogenated alkanes) is 1. The van der Waals surface area contributed by atoms with Crippen molar-refractivity contribution < 1.29 is 4.74 Å². The molecule has 0 amide bonds. The van der Waals surface area contributed by atoms with Crippen molar-refractivity contribution >= 4 is 81.3 Å². The summed E-state index contributed by atoms with van der Waals surface area (Å²) in [6.07, 6.45) is 3.72. The van der Waals surface area contributed by atoms with Gasteiger partial charge in [-0.25, -0.2) is 4.68 Å². The van der Waals surface area contributed by atoms with Gasteiger partial charge in [0.2, 0.25) is 0 Å². The van der Waals surface area contributed by atoms with Gasteiger partial charge in [0.15, 0.2) is 0 Å². The van der Waals surface area contributed by atoms with E-state index < -0.39 is 0 Å². The molecule has 0 radical (unpaired) electrons. The third-order valence-corrected chi connectivity index (χ3v) is 11.0. The van der Waals surface area contributed by atoms with E-state index >= 15 is 0 Å². The molecule has 46 heavy (non-hydrogen) atoms. The molecule has 0 spiro atoms. The summed E-state index contributed by atoms with van der Waals surface area (Å²) in [4.78, 5) is 14.2. The van der Waals surface area contributed by atoms with Gasteiger partial charge in [0, 0.05) is 15.6 Å². The summed E-state index contributed by atoms with van der Waals surface area (Å²) in [5, 5.41) is 8.12. The van der Waals surface area contributed by atoms with E-state index in [4.69, 9.17) is 62.7 Å². The number of benzene rings is 3. The molecule has 248 valence electrons. The predicted octanol–water partition coefficient (Wildman–Crippen LogP) is 12.5. The molecule has 0 saturated carbocycles. The first-order chi connectivity index (χ1) is 21.7. The maximum atomic E-state index is 13.7. The van der Waals surface area contributed by atoms with Crippen LogP contribution < -0.4 is 15.6 Å². The summed E-state index contributed by atoms with van der Waals surface area (Å²) in [6, 6.07) is 14.8. The van der Waals surface area contributed by atoms with E-state index in [0.717, 1.165) is 31.4 Å². The Morgan fingerprint density at radius 1 is 0.826 bits per heavy atom. The number of halogens is 5. The summed E-state index contributed by atoms with van der Waals surface area (Å²) in [7, 11) is 0. The van der Waals surface area contributed by atoms with Crippen LogP contribution in [0.3, 0.4) is 0 Å². The summed E-state index contributed by atoms with van der Waals surface area (Å²) < 4.78 is 7.69. The van der Waals surface area contributed by atoms with Crippen molar-refractivity contribution in [3.05, 3.63) is 95.1 Å². The van der Waals surface area contributed by atoms with Gasteiger partial charge in [0.1, 0.15) is 22.2 Å². The molecule has 4 rings (SSSR count). The molecule has 4 aromatic rings. The summed E-state index contributed by atoms with van der Waals surface area (Å²) >= 11 is 33.0. The molecule has 11 heteroatoms. The molecule has 0 fully saturated rings. The standard InChI is InChI=1S/C35H40Cl5N3O2S/c1-7-34(3,4)21-11-14-29(24(17-21)35(5,6)8-2)45-15-9-10-16-46-31-32(41-28-13-12-22(36)18-25(28)38)42-43(33(31)44)30-26(39)19-23(37)20-27(30)40/h11-14,17-20,41-42H,7-10,15-16H2,1-6H3. The lowest BCUT2D eigenvalue weighted by atomic mass is 9.76. The molecule has 0 aliphatic heterocycles. The minimum absolute atomic E-state index is 0.00847. The number of anilines is 2. The summed E-state index contributed by atoms with van der Waals surface area (Å²) in [5.74, 6) is 2.07. The first-order valence-corrected chi connectivity index (χ1v) is 18.2. The Kier molecular flexibility index (Phi) is 12.5. The average molecular weight is 744 g/mol. The normalized spacial score (nSPS) is 12.1. The minimum atomic E-state index is -0.304. The molecule has 0 aliphatic carbocycles. The Morgan fingerprint density at radius 2 is 1.48 bits per heavy atom. The Hall–Kier alpha value is -1.93. The van der Waals surface area contributed by atoms with Crippen LogP contribution in [0.5, 0.6) is 5.75 Å². The summed E-state index contributed by atoms with van der Waals surface area (Å²) in [6.45, 7) is 14.1. The smallest absolute Gasteiger partial charge is 0.287 e. The number of nitrogens with one attached hydrogen (secondary N) is 2. The third-order valence-electron chi connectivity index (χ3n) is 8.54. The predicted molar refractivity (Wildman–Crippen MR) is 200 cm³/mol. The zero-order valence-corrected chi connectivity index (χ0v) is 31.5. The Morgan fingerprint density at radius 3 is 2.11 bits per heavy atom. The van der Waals surface area contributed by atoms with Crippen LogP contribution in [0.2, 0.25) is 25.1 Å². The van der Waals surface area contributed by atoms with Crippen LogP contribution in [0.15, 0.2) is 58.2 Å². The lowest BCUT2D eigenvalue weighted by Crippen LogP contribution is -2.21. The highest BCUT2D eigenvalue weighted by molar-refractivity contribution is 7.99. The van der Waals surface area contributed by atoms with Crippen molar-refractivity contribution in [1.29, 1.82) is 0 Å². The molecule has 5 nitrogen and oxygen atoms in total. The van der Waals surface area contributed by atoms with Crippen LogP contribution in [0.1, 0.15) is 78.4 Å². The van der Waals surface area contributed by atoms with Crippen molar-refractivity contribution in [2.24, 2.45) is 0 Å². The number of H-pyrrole nitrogens is 1. The van der Waals surface area contributed by atoms with Crippen molar-refractivity contribution in [1.82, 2.24) is 9.78 Å². The van der Waals surface area contributed by atoms with Crippen LogP contribution in [0, 0.1) is 0 Å². The van der Waals surface area contributed by atoms with Crippen LogP contribution in [-0.4, -0.2) is 22.1 Å². The topological polar surface area (TPSA) is 59.0 Å². The monoisotopic (exact) mass is 741 g/mol. The van der Waals surface area contributed by atoms with E-state index in [9.17, 15) is 4.79 Å².